The molecule has 4 nitrogen and oxygen atoms in total. The molecule has 20 heavy (non-hydrogen) atoms. The highest BCUT2D eigenvalue weighted by molar-refractivity contribution is 7.13. The van der Waals surface area contributed by atoms with Crippen molar-refractivity contribution in [2.24, 2.45) is 5.73 Å². The van der Waals surface area contributed by atoms with Crippen LogP contribution in [0.2, 0.25) is 0 Å². The number of aryl methyl sites for hydroxylation is 1. The lowest BCUT2D eigenvalue weighted by Gasteiger charge is -2.14. The van der Waals surface area contributed by atoms with Crippen LogP contribution >= 0.6 is 11.3 Å². The van der Waals surface area contributed by atoms with Gasteiger partial charge in [0.15, 0.2) is 0 Å². The quantitative estimate of drug-likeness (QED) is 0.881. The van der Waals surface area contributed by atoms with E-state index in [1.165, 1.54) is 35.6 Å². The van der Waals surface area contributed by atoms with E-state index >= 15 is 0 Å². The molecule has 6 heteroatoms. The highest BCUT2D eigenvalue weighted by Gasteiger charge is 2.24. The molecule has 0 saturated carbocycles. The van der Waals surface area contributed by atoms with E-state index in [4.69, 9.17) is 10.5 Å². The topological polar surface area (TPSA) is 69.4 Å². The summed E-state index contributed by atoms with van der Waals surface area (Å²) in [6, 6.07) is 8.46. The van der Waals surface area contributed by atoms with Crippen LogP contribution in [0.25, 0.3) is 0 Å². The number of ether oxygens (including phenoxy) is 1. The number of hydrogen-bond donors (Lipinski definition) is 1. The Morgan fingerprint density at radius 3 is 2.35 bits per heavy atom. The highest BCUT2D eigenvalue weighted by Crippen LogP contribution is 2.22. The van der Waals surface area contributed by atoms with E-state index in [1.807, 2.05) is 6.92 Å². The summed E-state index contributed by atoms with van der Waals surface area (Å²) < 4.78 is 18.0. The molecule has 0 spiro atoms. The van der Waals surface area contributed by atoms with E-state index in [-0.39, 0.29) is 0 Å². The zero-order chi connectivity index (χ0) is 14.7. The van der Waals surface area contributed by atoms with Crippen LogP contribution in [-0.4, -0.2) is 11.9 Å². The number of thiophene rings is 1. The fourth-order valence-corrected chi connectivity index (χ4v) is 2.39. The van der Waals surface area contributed by atoms with Crippen LogP contribution in [0.1, 0.15) is 26.2 Å². The van der Waals surface area contributed by atoms with Crippen molar-refractivity contribution in [3.05, 3.63) is 57.5 Å². The number of esters is 1. The molecule has 0 fully saturated rings. The van der Waals surface area contributed by atoms with Crippen molar-refractivity contribution in [2.75, 3.05) is 0 Å². The Hall–Kier alpha value is -2.21. The van der Waals surface area contributed by atoms with Gasteiger partial charge in [0.25, 0.3) is 5.91 Å². The molecule has 0 aliphatic rings. The predicted molar refractivity (Wildman–Crippen MR) is 72.8 cm³/mol. The van der Waals surface area contributed by atoms with Gasteiger partial charge in [-0.25, -0.2) is 9.18 Å². The number of carbonyl (C=O) groups is 2. The van der Waals surface area contributed by atoms with Gasteiger partial charge in [-0.15, -0.1) is 11.3 Å². The summed E-state index contributed by atoms with van der Waals surface area (Å²) in [7, 11) is 0. The smallest absolute Gasteiger partial charge is 0.349 e. The van der Waals surface area contributed by atoms with Crippen molar-refractivity contribution in [1.82, 2.24) is 0 Å². The van der Waals surface area contributed by atoms with E-state index in [9.17, 15) is 14.0 Å². The van der Waals surface area contributed by atoms with E-state index in [1.54, 1.807) is 12.1 Å². The van der Waals surface area contributed by atoms with Gasteiger partial charge in [-0.2, -0.15) is 0 Å². The number of halogens is 1. The molecule has 1 aromatic carbocycles. The fraction of sp³-hybridized carbons (Fsp3) is 0.143. The maximum Gasteiger partial charge on any atom is 0.349 e. The van der Waals surface area contributed by atoms with Gasteiger partial charge in [0.1, 0.15) is 10.7 Å². The molecule has 2 aromatic rings. The van der Waals surface area contributed by atoms with Gasteiger partial charge >= 0.3 is 5.97 Å². The molecular formula is C14H12FNO3S. The Morgan fingerprint density at radius 1 is 1.20 bits per heavy atom. The predicted octanol–water partition coefficient (Wildman–Crippen LogP) is 2.58. The first-order valence-corrected chi connectivity index (χ1v) is 6.61. The van der Waals surface area contributed by atoms with Gasteiger partial charge in [0, 0.05) is 10.4 Å². The zero-order valence-electron chi connectivity index (χ0n) is 10.6. The lowest BCUT2D eigenvalue weighted by atomic mass is 10.1. The van der Waals surface area contributed by atoms with Gasteiger partial charge in [0.2, 0.25) is 6.10 Å². The maximum absolute atomic E-state index is 12.9. The van der Waals surface area contributed by atoms with Crippen molar-refractivity contribution in [3.63, 3.8) is 0 Å². The highest BCUT2D eigenvalue weighted by atomic mass is 32.1. The zero-order valence-corrected chi connectivity index (χ0v) is 11.4. The molecule has 2 N–H and O–H groups in total. The molecule has 0 bridgehead atoms. The molecular weight excluding hydrogens is 281 g/mol. The minimum Gasteiger partial charge on any atom is -0.443 e. The molecule has 0 aliphatic heterocycles. The maximum atomic E-state index is 12.9. The average Bonchev–Trinajstić information content (AvgIpc) is 2.83. The second-order valence-corrected chi connectivity index (χ2v) is 5.44. The molecule has 1 aromatic heterocycles. The number of primary amides is 1. The van der Waals surface area contributed by atoms with Crippen LogP contribution in [0.15, 0.2) is 36.4 Å². The Bertz CT molecular complexity index is 636. The van der Waals surface area contributed by atoms with E-state index < -0.39 is 23.8 Å². The number of carbonyl (C=O) groups excluding carboxylic acids is 2. The second-order valence-electron chi connectivity index (χ2n) is 4.15. The Kier molecular flexibility index (Phi) is 4.14. The number of nitrogens with two attached hydrogens (primary N) is 1. The molecule has 1 amide bonds. The SMILES string of the molecule is Cc1ccc(C(=O)O[C@@H](C(N)=O)c2ccc(F)cc2)s1. The number of hydrogen-bond acceptors (Lipinski definition) is 4. The Labute approximate surface area is 119 Å². The number of amides is 1. The third-order valence-corrected chi connectivity index (χ3v) is 3.58. The van der Waals surface area contributed by atoms with Crippen LogP contribution in [-0.2, 0) is 9.53 Å². The first-order valence-electron chi connectivity index (χ1n) is 5.79. The van der Waals surface area contributed by atoms with Crippen molar-refractivity contribution in [3.8, 4) is 0 Å². The molecule has 0 saturated heterocycles. The van der Waals surface area contributed by atoms with Gasteiger partial charge in [-0.05, 0) is 31.2 Å². The van der Waals surface area contributed by atoms with Crippen molar-refractivity contribution < 1.29 is 18.7 Å². The summed E-state index contributed by atoms with van der Waals surface area (Å²) >= 11 is 1.26. The van der Waals surface area contributed by atoms with Crippen LogP contribution < -0.4 is 5.73 Å². The lowest BCUT2D eigenvalue weighted by molar-refractivity contribution is -0.127. The summed E-state index contributed by atoms with van der Waals surface area (Å²) in [5, 5.41) is 0. The number of rotatable bonds is 4. The normalized spacial score (nSPS) is 11.9. The molecule has 2 rings (SSSR count). The van der Waals surface area contributed by atoms with Crippen LogP contribution in [0.3, 0.4) is 0 Å². The van der Waals surface area contributed by atoms with Gasteiger partial charge in [-0.3, -0.25) is 4.79 Å². The molecule has 1 atom stereocenters. The van der Waals surface area contributed by atoms with Crippen molar-refractivity contribution >= 4 is 23.2 Å². The Morgan fingerprint density at radius 2 is 1.85 bits per heavy atom. The van der Waals surface area contributed by atoms with Crippen molar-refractivity contribution in [2.45, 2.75) is 13.0 Å². The van der Waals surface area contributed by atoms with E-state index in [0.29, 0.717) is 10.4 Å². The van der Waals surface area contributed by atoms with Gasteiger partial charge in [-0.1, -0.05) is 12.1 Å². The summed E-state index contributed by atoms with van der Waals surface area (Å²) in [6.07, 6.45) is -1.23. The monoisotopic (exact) mass is 293 g/mol. The summed E-state index contributed by atoms with van der Waals surface area (Å²) in [4.78, 5) is 24.7. The van der Waals surface area contributed by atoms with Crippen LogP contribution in [0, 0.1) is 12.7 Å². The lowest BCUT2D eigenvalue weighted by Crippen LogP contribution is -2.26. The van der Waals surface area contributed by atoms with E-state index in [2.05, 4.69) is 0 Å². The molecule has 0 aliphatic carbocycles. The molecule has 104 valence electrons. The molecule has 0 radical (unpaired) electrons. The van der Waals surface area contributed by atoms with Gasteiger partial charge in [0.05, 0.1) is 0 Å². The molecule has 0 unspecified atom stereocenters. The Balaban J connectivity index is 2.20. The third kappa shape index (κ3) is 3.21. The first kappa shape index (κ1) is 14.2. The van der Waals surface area contributed by atoms with Crippen LogP contribution in [0.5, 0.6) is 0 Å². The average molecular weight is 293 g/mol. The third-order valence-electron chi connectivity index (χ3n) is 2.60. The minimum atomic E-state index is -1.23. The molecule has 1 heterocycles. The minimum absolute atomic E-state index is 0.334. The summed E-state index contributed by atoms with van der Waals surface area (Å²) in [5.41, 5.74) is 5.57. The van der Waals surface area contributed by atoms with Gasteiger partial charge < -0.3 is 10.5 Å². The second kappa shape index (κ2) is 5.83. The van der Waals surface area contributed by atoms with Crippen molar-refractivity contribution in [1.29, 1.82) is 0 Å². The first-order chi connectivity index (χ1) is 9.47. The fourth-order valence-electron chi connectivity index (χ4n) is 1.64. The largest absolute Gasteiger partial charge is 0.443 e. The van der Waals surface area contributed by atoms with Crippen LogP contribution in [0.4, 0.5) is 4.39 Å². The summed E-state index contributed by atoms with van der Waals surface area (Å²) in [5.74, 6) is -1.88. The summed E-state index contributed by atoms with van der Waals surface area (Å²) in [6.45, 7) is 1.85. The van der Waals surface area contributed by atoms with E-state index in [0.717, 1.165) is 4.88 Å². The number of benzene rings is 1. The standard InChI is InChI=1S/C14H12FNO3S/c1-8-2-7-11(20-8)14(18)19-12(13(16)17)9-3-5-10(15)6-4-9/h2-7,12H,1H3,(H2,16,17)/t12-/m1/s1.